The van der Waals surface area contributed by atoms with E-state index < -0.39 is 5.60 Å². The van der Waals surface area contributed by atoms with Gasteiger partial charge in [0.05, 0.1) is 6.04 Å². The Kier molecular flexibility index (Phi) is 9.08. The fourth-order valence-electron chi connectivity index (χ4n) is 8.04. The standard InChI is InChI=1S/C29H51N5O2/c1-35-28(22-12-3-7-18-30-22,23-13-4-8-19-31-23)26-16-11-17-27(34-26)29(36-2,24-14-5-9-20-32-24)25-15-6-10-21-33-25/h11,16-17,22-26,30-34H,3-10,12-15,18-21H2,1-2H3. The maximum atomic E-state index is 6.70. The van der Waals surface area contributed by atoms with Crippen molar-refractivity contribution in [2.24, 2.45) is 0 Å². The van der Waals surface area contributed by atoms with Crippen molar-refractivity contribution in [2.45, 2.75) is 118 Å². The zero-order valence-corrected chi connectivity index (χ0v) is 22.7. The van der Waals surface area contributed by atoms with Crippen LogP contribution in [0.4, 0.5) is 0 Å². The van der Waals surface area contributed by atoms with E-state index >= 15 is 0 Å². The summed E-state index contributed by atoms with van der Waals surface area (Å²) in [5, 5.41) is 19.6. The van der Waals surface area contributed by atoms with E-state index in [1.807, 2.05) is 14.2 Å². The van der Waals surface area contributed by atoms with Gasteiger partial charge in [0.25, 0.3) is 0 Å². The number of hydrogen-bond acceptors (Lipinski definition) is 7. The van der Waals surface area contributed by atoms with E-state index in [1.165, 1.54) is 57.1 Å². The molecule has 0 aromatic carbocycles. The topological polar surface area (TPSA) is 78.6 Å². The summed E-state index contributed by atoms with van der Waals surface area (Å²) in [6.45, 7) is 4.27. The molecule has 7 heteroatoms. The zero-order chi connectivity index (χ0) is 24.8. The summed E-state index contributed by atoms with van der Waals surface area (Å²) in [7, 11) is 3.87. The minimum atomic E-state index is -0.427. The average Bonchev–Trinajstić information content (AvgIpc) is 2.97. The smallest absolute Gasteiger partial charge is 0.137 e. The SMILES string of the molecule is COC(C1=CC=CC(C(OC)(C2CCCCN2)C2CCCCN2)N1)(C1CCCCN1)C1CCCCN1. The Bertz CT molecular complexity index is 711. The van der Waals surface area contributed by atoms with Gasteiger partial charge < -0.3 is 36.1 Å². The molecule has 0 aliphatic carbocycles. The molecule has 5 N–H and O–H groups in total. The number of allylic oxidation sites excluding steroid dienone is 2. The quantitative estimate of drug-likeness (QED) is 0.350. The third kappa shape index (κ3) is 4.92. The third-order valence-corrected chi connectivity index (χ3v) is 9.84. The van der Waals surface area contributed by atoms with Gasteiger partial charge >= 0.3 is 0 Å². The predicted molar refractivity (Wildman–Crippen MR) is 146 cm³/mol. The van der Waals surface area contributed by atoms with Crippen LogP contribution in [0.3, 0.4) is 0 Å². The number of ether oxygens (including phenoxy) is 2. The number of dihydropyridines is 1. The highest BCUT2D eigenvalue weighted by atomic mass is 16.5. The normalized spacial score (nSPS) is 37.3. The molecule has 204 valence electrons. The van der Waals surface area contributed by atoms with Crippen molar-refractivity contribution in [2.75, 3.05) is 40.4 Å². The molecule has 0 aromatic rings. The van der Waals surface area contributed by atoms with Crippen molar-refractivity contribution >= 4 is 0 Å². The first-order valence-electron chi connectivity index (χ1n) is 14.9. The van der Waals surface area contributed by atoms with Gasteiger partial charge in [-0.1, -0.05) is 37.8 Å². The lowest BCUT2D eigenvalue weighted by Crippen LogP contribution is -2.74. The molecule has 0 amide bonds. The third-order valence-electron chi connectivity index (χ3n) is 9.84. The molecule has 0 aromatic heterocycles. The number of rotatable bonds is 8. The summed E-state index contributed by atoms with van der Waals surface area (Å²) in [4.78, 5) is 0. The van der Waals surface area contributed by atoms with Crippen LogP contribution in [0.25, 0.3) is 0 Å². The molecule has 4 saturated heterocycles. The molecule has 7 nitrogen and oxygen atoms in total. The number of hydrogen-bond donors (Lipinski definition) is 5. The van der Waals surface area contributed by atoms with Gasteiger partial charge in [-0.25, -0.2) is 0 Å². The fourth-order valence-corrected chi connectivity index (χ4v) is 8.04. The predicted octanol–water partition coefficient (Wildman–Crippen LogP) is 2.74. The van der Waals surface area contributed by atoms with Crippen LogP contribution in [0, 0.1) is 0 Å². The number of methoxy groups -OCH3 is 2. The Morgan fingerprint density at radius 3 is 1.50 bits per heavy atom. The summed E-state index contributed by atoms with van der Waals surface area (Å²) >= 11 is 0. The van der Waals surface area contributed by atoms with Crippen LogP contribution in [-0.2, 0) is 9.47 Å². The highest BCUT2D eigenvalue weighted by molar-refractivity contribution is 5.35. The summed E-state index contributed by atoms with van der Waals surface area (Å²) in [6.07, 6.45) is 21.5. The average molecular weight is 502 g/mol. The van der Waals surface area contributed by atoms with Crippen molar-refractivity contribution in [3.63, 3.8) is 0 Å². The Balaban J connectivity index is 1.50. The number of nitrogens with one attached hydrogen (secondary N) is 5. The van der Waals surface area contributed by atoms with Crippen LogP contribution in [0.1, 0.15) is 77.0 Å². The molecule has 0 radical (unpaired) electrons. The van der Waals surface area contributed by atoms with Crippen LogP contribution >= 0.6 is 0 Å². The highest BCUT2D eigenvalue weighted by Crippen LogP contribution is 2.40. The Morgan fingerprint density at radius 2 is 1.11 bits per heavy atom. The summed E-state index contributed by atoms with van der Waals surface area (Å²) in [6, 6.07) is 1.26. The molecule has 5 aliphatic rings. The monoisotopic (exact) mass is 501 g/mol. The minimum Gasteiger partial charge on any atom is -0.377 e. The van der Waals surface area contributed by atoms with E-state index in [4.69, 9.17) is 9.47 Å². The molecule has 0 spiro atoms. The largest absolute Gasteiger partial charge is 0.377 e. The molecule has 0 saturated carbocycles. The van der Waals surface area contributed by atoms with Gasteiger partial charge in [-0.2, -0.15) is 0 Å². The molecule has 5 aliphatic heterocycles. The van der Waals surface area contributed by atoms with Crippen LogP contribution in [0.5, 0.6) is 0 Å². The van der Waals surface area contributed by atoms with E-state index in [2.05, 4.69) is 44.8 Å². The van der Waals surface area contributed by atoms with Crippen molar-refractivity contribution in [3.8, 4) is 0 Å². The molecule has 4 fully saturated rings. The van der Waals surface area contributed by atoms with Gasteiger partial charge in [0.2, 0.25) is 0 Å². The van der Waals surface area contributed by atoms with Crippen molar-refractivity contribution in [1.29, 1.82) is 0 Å². The Labute approximate surface area is 219 Å². The zero-order valence-electron chi connectivity index (χ0n) is 22.7. The van der Waals surface area contributed by atoms with Crippen LogP contribution in [0.2, 0.25) is 0 Å². The van der Waals surface area contributed by atoms with Crippen LogP contribution < -0.4 is 26.6 Å². The van der Waals surface area contributed by atoms with Gasteiger partial charge in [-0.3, -0.25) is 0 Å². The van der Waals surface area contributed by atoms with Gasteiger partial charge in [0.1, 0.15) is 11.2 Å². The van der Waals surface area contributed by atoms with Crippen molar-refractivity contribution in [1.82, 2.24) is 26.6 Å². The summed E-state index contributed by atoms with van der Waals surface area (Å²) < 4.78 is 13.4. The molecule has 5 unspecified atom stereocenters. The molecule has 5 rings (SSSR count). The lowest BCUT2D eigenvalue weighted by molar-refractivity contribution is -0.101. The first-order valence-corrected chi connectivity index (χ1v) is 14.9. The second-order valence-corrected chi connectivity index (χ2v) is 11.7. The molecule has 36 heavy (non-hydrogen) atoms. The van der Waals surface area contributed by atoms with Gasteiger partial charge in [-0.15, -0.1) is 0 Å². The Morgan fingerprint density at radius 1 is 0.639 bits per heavy atom. The van der Waals surface area contributed by atoms with Gasteiger partial charge in [0, 0.05) is 44.1 Å². The van der Waals surface area contributed by atoms with Gasteiger partial charge in [-0.05, 0) is 83.6 Å². The summed E-state index contributed by atoms with van der Waals surface area (Å²) in [5.41, 5.74) is 0.420. The van der Waals surface area contributed by atoms with E-state index in [9.17, 15) is 0 Å². The van der Waals surface area contributed by atoms with Crippen molar-refractivity contribution < 1.29 is 9.47 Å². The van der Waals surface area contributed by atoms with Crippen LogP contribution in [-0.4, -0.2) is 81.8 Å². The number of piperidine rings is 4. The highest BCUT2D eigenvalue weighted by Gasteiger charge is 2.55. The first-order chi connectivity index (χ1) is 17.8. The second kappa shape index (κ2) is 12.3. The first kappa shape index (κ1) is 26.6. The molecule has 5 heterocycles. The van der Waals surface area contributed by atoms with E-state index in [0.29, 0.717) is 12.1 Å². The fraction of sp³-hybridized carbons (Fsp3) is 0.862. The van der Waals surface area contributed by atoms with E-state index in [-0.39, 0.29) is 23.7 Å². The lowest BCUT2D eigenvalue weighted by atomic mass is 9.71. The van der Waals surface area contributed by atoms with E-state index in [0.717, 1.165) is 51.9 Å². The molecule has 0 bridgehead atoms. The molecular weight excluding hydrogens is 450 g/mol. The van der Waals surface area contributed by atoms with Gasteiger partial charge in [0.15, 0.2) is 0 Å². The van der Waals surface area contributed by atoms with E-state index in [1.54, 1.807) is 0 Å². The van der Waals surface area contributed by atoms with Crippen LogP contribution in [0.15, 0.2) is 23.9 Å². The minimum absolute atomic E-state index is 0.0652. The maximum absolute atomic E-state index is 6.70. The van der Waals surface area contributed by atoms with Crippen molar-refractivity contribution in [3.05, 3.63) is 23.9 Å². The Hall–Kier alpha value is -0.960. The molecular formula is C29H51N5O2. The second-order valence-electron chi connectivity index (χ2n) is 11.7. The maximum Gasteiger partial charge on any atom is 0.137 e. The lowest BCUT2D eigenvalue weighted by Gasteiger charge is -2.55. The molecule has 5 atom stereocenters. The summed E-state index contributed by atoms with van der Waals surface area (Å²) in [5.74, 6) is 0.